The molecule has 1 aliphatic carbocycles. The molecule has 0 aromatic rings. The van der Waals surface area contributed by atoms with E-state index in [0.29, 0.717) is 19.3 Å². The molecule has 6 heteroatoms. The molecular formula is C20H32O6. The molecule has 26 heavy (non-hydrogen) atoms. The van der Waals surface area contributed by atoms with Gasteiger partial charge in [0.25, 0.3) is 0 Å². The second-order valence-corrected chi connectivity index (χ2v) is 9.88. The van der Waals surface area contributed by atoms with Gasteiger partial charge in [-0.05, 0) is 52.9 Å². The molecule has 6 nitrogen and oxygen atoms in total. The number of esters is 3. The highest BCUT2D eigenvalue weighted by Crippen LogP contribution is 2.44. The molecule has 0 aromatic heterocycles. The summed E-state index contributed by atoms with van der Waals surface area (Å²) in [5, 5.41) is 0. The second kappa shape index (κ2) is 6.24. The van der Waals surface area contributed by atoms with E-state index >= 15 is 0 Å². The van der Waals surface area contributed by atoms with Crippen LogP contribution in [0.3, 0.4) is 0 Å². The van der Waals surface area contributed by atoms with Crippen LogP contribution >= 0.6 is 0 Å². The maximum atomic E-state index is 12.7. The molecule has 0 radical (unpaired) electrons. The highest BCUT2D eigenvalue weighted by Gasteiger charge is 2.55. The Morgan fingerprint density at radius 1 is 1.04 bits per heavy atom. The van der Waals surface area contributed by atoms with E-state index < -0.39 is 34.7 Å². The summed E-state index contributed by atoms with van der Waals surface area (Å²) in [4.78, 5) is 37.2. The van der Waals surface area contributed by atoms with Gasteiger partial charge in [-0.3, -0.25) is 9.59 Å². The van der Waals surface area contributed by atoms with Gasteiger partial charge in [0.1, 0.15) is 11.7 Å². The Kier molecular flexibility index (Phi) is 4.97. The van der Waals surface area contributed by atoms with Gasteiger partial charge < -0.3 is 14.2 Å². The first-order valence-electron chi connectivity index (χ1n) is 9.27. The number of hydrogen-bond donors (Lipinski definition) is 0. The van der Waals surface area contributed by atoms with E-state index in [-0.39, 0.29) is 17.3 Å². The first-order chi connectivity index (χ1) is 11.6. The van der Waals surface area contributed by atoms with Crippen LogP contribution in [0.5, 0.6) is 0 Å². The second-order valence-electron chi connectivity index (χ2n) is 9.88. The summed E-state index contributed by atoms with van der Waals surface area (Å²) < 4.78 is 16.6. The fraction of sp³-hybridized carbons (Fsp3) is 0.850. The van der Waals surface area contributed by atoms with Crippen molar-refractivity contribution in [3.05, 3.63) is 0 Å². The molecule has 0 spiro atoms. The van der Waals surface area contributed by atoms with Crippen LogP contribution in [0.1, 0.15) is 74.7 Å². The first kappa shape index (κ1) is 20.7. The smallest absolute Gasteiger partial charge is 0.350 e. The zero-order valence-corrected chi connectivity index (χ0v) is 17.2. The molecule has 0 N–H and O–H groups in total. The minimum Gasteiger partial charge on any atom is -0.455 e. The van der Waals surface area contributed by atoms with Crippen LogP contribution < -0.4 is 0 Å². The molecule has 1 saturated heterocycles. The predicted molar refractivity (Wildman–Crippen MR) is 95.1 cm³/mol. The van der Waals surface area contributed by atoms with Crippen molar-refractivity contribution in [2.24, 2.45) is 16.7 Å². The maximum absolute atomic E-state index is 12.7. The van der Waals surface area contributed by atoms with E-state index in [1.807, 2.05) is 20.8 Å². The Balaban J connectivity index is 2.06. The topological polar surface area (TPSA) is 78.9 Å². The average Bonchev–Trinajstić information content (AvgIpc) is 2.70. The van der Waals surface area contributed by atoms with Crippen LogP contribution in [-0.4, -0.2) is 35.2 Å². The number of hydrogen-bond acceptors (Lipinski definition) is 6. The molecule has 3 unspecified atom stereocenters. The van der Waals surface area contributed by atoms with Gasteiger partial charge in [0.15, 0.2) is 0 Å². The lowest BCUT2D eigenvalue weighted by Gasteiger charge is -2.39. The largest absolute Gasteiger partial charge is 0.455 e. The van der Waals surface area contributed by atoms with E-state index in [0.717, 1.165) is 0 Å². The van der Waals surface area contributed by atoms with Crippen LogP contribution in [0, 0.1) is 16.7 Å². The lowest BCUT2D eigenvalue weighted by Crippen LogP contribution is -2.50. The number of rotatable bonds is 4. The molecule has 2 rings (SSSR count). The van der Waals surface area contributed by atoms with Gasteiger partial charge in [0.05, 0.1) is 11.3 Å². The lowest BCUT2D eigenvalue weighted by molar-refractivity contribution is -0.199. The molecular weight excluding hydrogens is 336 g/mol. The fourth-order valence-electron chi connectivity index (χ4n) is 3.16. The third-order valence-electron chi connectivity index (χ3n) is 6.25. The highest BCUT2D eigenvalue weighted by molar-refractivity contribution is 5.85. The van der Waals surface area contributed by atoms with Gasteiger partial charge in [-0.15, -0.1) is 0 Å². The zero-order chi connectivity index (χ0) is 20.1. The van der Waals surface area contributed by atoms with E-state index in [9.17, 15) is 14.4 Å². The normalized spacial score (nSPS) is 29.2. The third-order valence-corrected chi connectivity index (χ3v) is 6.25. The zero-order valence-electron chi connectivity index (χ0n) is 17.2. The molecule has 1 aliphatic heterocycles. The summed E-state index contributed by atoms with van der Waals surface area (Å²) in [6, 6.07) is 0. The Morgan fingerprint density at radius 2 is 1.62 bits per heavy atom. The molecule has 2 aliphatic rings. The molecule has 2 fully saturated rings. The maximum Gasteiger partial charge on any atom is 0.350 e. The van der Waals surface area contributed by atoms with Crippen molar-refractivity contribution in [2.45, 2.75) is 92.0 Å². The van der Waals surface area contributed by atoms with Crippen molar-refractivity contribution in [1.29, 1.82) is 0 Å². The van der Waals surface area contributed by atoms with E-state index in [4.69, 9.17) is 14.2 Å². The van der Waals surface area contributed by atoms with Crippen LogP contribution in [-0.2, 0) is 28.6 Å². The standard InChI is InChI=1S/C20H32O6/c1-17(2,3)18(4,5)15(22)26-19(6,7)16(23)24-13-10-9-12-11-20(13,8)25-14(12)21/h12-13H,9-11H2,1-8H3. The van der Waals surface area contributed by atoms with Crippen molar-refractivity contribution in [3.63, 3.8) is 0 Å². The molecule has 3 atom stereocenters. The molecule has 2 bridgehead atoms. The minimum absolute atomic E-state index is 0.103. The number of ether oxygens (including phenoxy) is 3. The van der Waals surface area contributed by atoms with Crippen molar-refractivity contribution < 1.29 is 28.6 Å². The monoisotopic (exact) mass is 368 g/mol. The number of fused-ring (bicyclic) bond motifs is 2. The summed E-state index contributed by atoms with van der Waals surface area (Å²) in [5.74, 6) is -1.39. The molecule has 148 valence electrons. The Labute approximate surface area is 155 Å². The van der Waals surface area contributed by atoms with Gasteiger partial charge in [-0.2, -0.15) is 0 Å². The van der Waals surface area contributed by atoms with Gasteiger partial charge in [-0.25, -0.2) is 4.79 Å². The summed E-state index contributed by atoms with van der Waals surface area (Å²) >= 11 is 0. The van der Waals surface area contributed by atoms with Crippen molar-refractivity contribution in [3.8, 4) is 0 Å². The summed E-state index contributed by atoms with van der Waals surface area (Å²) in [5.41, 5.74) is -3.31. The highest BCUT2D eigenvalue weighted by atomic mass is 16.6. The Bertz CT molecular complexity index is 612. The van der Waals surface area contributed by atoms with Crippen LogP contribution in [0.4, 0.5) is 0 Å². The minimum atomic E-state index is -1.42. The quantitative estimate of drug-likeness (QED) is 0.559. The third kappa shape index (κ3) is 3.60. The van der Waals surface area contributed by atoms with Gasteiger partial charge in [0, 0.05) is 6.42 Å². The fourth-order valence-corrected chi connectivity index (χ4v) is 3.16. The van der Waals surface area contributed by atoms with Crippen molar-refractivity contribution in [2.75, 3.05) is 0 Å². The summed E-state index contributed by atoms with van der Waals surface area (Å²) in [6.07, 6.45) is 1.24. The lowest BCUT2D eigenvalue weighted by atomic mass is 9.69. The van der Waals surface area contributed by atoms with Crippen molar-refractivity contribution in [1.82, 2.24) is 0 Å². The van der Waals surface area contributed by atoms with E-state index in [2.05, 4.69) is 0 Å². The Hall–Kier alpha value is -1.59. The summed E-state index contributed by atoms with van der Waals surface area (Å²) in [6.45, 7) is 14.3. The summed E-state index contributed by atoms with van der Waals surface area (Å²) in [7, 11) is 0. The predicted octanol–water partition coefficient (Wildman–Crippen LogP) is 3.41. The molecule has 1 saturated carbocycles. The number of carbonyl (C=O) groups is 3. The first-order valence-corrected chi connectivity index (χ1v) is 9.27. The molecule has 1 heterocycles. The van der Waals surface area contributed by atoms with Crippen molar-refractivity contribution >= 4 is 17.9 Å². The SMILES string of the molecule is CC(C)(OC(=O)C(C)(C)C(C)(C)C)C(=O)OC1CCC2CC1(C)OC2=O. The molecule has 0 amide bonds. The number of carbonyl (C=O) groups excluding carboxylic acids is 3. The Morgan fingerprint density at radius 3 is 2.15 bits per heavy atom. The van der Waals surface area contributed by atoms with E-state index in [1.54, 1.807) is 20.8 Å². The average molecular weight is 368 g/mol. The van der Waals surface area contributed by atoms with Gasteiger partial charge in [0.2, 0.25) is 5.60 Å². The van der Waals surface area contributed by atoms with Gasteiger partial charge >= 0.3 is 17.9 Å². The van der Waals surface area contributed by atoms with Crippen LogP contribution in [0.2, 0.25) is 0 Å². The van der Waals surface area contributed by atoms with E-state index in [1.165, 1.54) is 13.8 Å². The molecule has 0 aromatic carbocycles. The van der Waals surface area contributed by atoms with Gasteiger partial charge in [-0.1, -0.05) is 20.8 Å². The van der Waals surface area contributed by atoms with Crippen LogP contribution in [0.25, 0.3) is 0 Å². The van der Waals surface area contributed by atoms with Crippen LogP contribution in [0.15, 0.2) is 0 Å².